The van der Waals surface area contributed by atoms with E-state index in [0.29, 0.717) is 10.6 Å². The van der Waals surface area contributed by atoms with E-state index in [9.17, 15) is 0 Å². The number of hydrogen-bond donors (Lipinski definition) is 0. The summed E-state index contributed by atoms with van der Waals surface area (Å²) >= 11 is 6.20. The van der Waals surface area contributed by atoms with Gasteiger partial charge < -0.3 is 4.90 Å². The first kappa shape index (κ1) is 16.1. The van der Waals surface area contributed by atoms with Crippen LogP contribution in [-0.2, 0) is 0 Å². The van der Waals surface area contributed by atoms with Gasteiger partial charge in [-0.25, -0.2) is 0 Å². The number of nitriles is 1. The average Bonchev–Trinajstić information content (AvgIpc) is 2.63. The summed E-state index contributed by atoms with van der Waals surface area (Å²) < 4.78 is 0. The quantitative estimate of drug-likeness (QED) is 0.582. The van der Waals surface area contributed by atoms with Gasteiger partial charge in [0.05, 0.1) is 10.6 Å². The van der Waals surface area contributed by atoms with Crippen molar-refractivity contribution in [2.75, 3.05) is 11.4 Å². The highest BCUT2D eigenvalue weighted by Crippen LogP contribution is 2.31. The minimum Gasteiger partial charge on any atom is -0.342 e. The van der Waals surface area contributed by atoms with Gasteiger partial charge in [0, 0.05) is 17.9 Å². The maximum atomic E-state index is 9.04. The smallest absolute Gasteiger partial charge is 0.101 e. The molecule has 0 spiro atoms. The van der Waals surface area contributed by atoms with Crippen molar-refractivity contribution >= 4 is 23.0 Å². The van der Waals surface area contributed by atoms with E-state index in [1.165, 1.54) is 11.1 Å². The number of benzene rings is 3. The summed E-state index contributed by atoms with van der Waals surface area (Å²) in [5, 5.41) is 9.52. The number of nitrogens with zero attached hydrogens (tertiary/aromatic N) is 2. The normalized spacial score (nSPS) is 10.2. The molecule has 0 aliphatic rings. The lowest BCUT2D eigenvalue weighted by Crippen LogP contribution is -2.16. The Balaban J connectivity index is 2.00. The fraction of sp³-hybridized carbons (Fsp3) is 0.0952. The minimum atomic E-state index is 0.479. The van der Waals surface area contributed by atoms with Crippen molar-refractivity contribution in [2.24, 2.45) is 0 Å². The average molecular weight is 333 g/mol. The van der Waals surface area contributed by atoms with Crippen molar-refractivity contribution in [3.63, 3.8) is 0 Å². The Kier molecular flexibility index (Phi) is 4.84. The molecule has 2 nitrogen and oxygen atoms in total. The third kappa shape index (κ3) is 3.27. The molecule has 0 heterocycles. The predicted octanol–water partition coefficient (Wildman–Crippen LogP) is 6.04. The first-order valence-electron chi connectivity index (χ1n) is 7.85. The zero-order valence-corrected chi connectivity index (χ0v) is 14.2. The lowest BCUT2D eigenvalue weighted by molar-refractivity contribution is 1.02. The van der Waals surface area contributed by atoms with Crippen LogP contribution >= 0.6 is 11.6 Å². The van der Waals surface area contributed by atoms with Crippen LogP contribution in [0.25, 0.3) is 11.1 Å². The molecule has 3 aromatic carbocycles. The molecule has 118 valence electrons. The highest BCUT2D eigenvalue weighted by Gasteiger charge is 2.10. The fourth-order valence-corrected chi connectivity index (χ4v) is 2.98. The third-order valence-corrected chi connectivity index (χ3v) is 4.28. The van der Waals surface area contributed by atoms with E-state index in [4.69, 9.17) is 16.9 Å². The molecule has 0 saturated carbocycles. The van der Waals surface area contributed by atoms with Gasteiger partial charge in [-0.3, -0.25) is 0 Å². The van der Waals surface area contributed by atoms with Gasteiger partial charge in [-0.05, 0) is 48.4 Å². The molecule has 0 amide bonds. The van der Waals surface area contributed by atoms with Crippen LogP contribution in [-0.4, -0.2) is 6.54 Å². The van der Waals surface area contributed by atoms with Gasteiger partial charge in [-0.1, -0.05) is 54.1 Å². The molecule has 0 fully saturated rings. The van der Waals surface area contributed by atoms with Gasteiger partial charge in [-0.2, -0.15) is 5.26 Å². The van der Waals surface area contributed by atoms with Crippen LogP contribution in [0.4, 0.5) is 11.4 Å². The van der Waals surface area contributed by atoms with E-state index in [2.05, 4.69) is 54.3 Å². The Labute approximate surface area is 147 Å². The molecule has 0 aliphatic heterocycles. The van der Waals surface area contributed by atoms with Crippen LogP contribution in [0.1, 0.15) is 12.5 Å². The van der Waals surface area contributed by atoms with E-state index in [1.807, 2.05) is 30.3 Å². The molecule has 0 aromatic heterocycles. The summed E-state index contributed by atoms with van der Waals surface area (Å²) in [6.07, 6.45) is 0. The molecule has 24 heavy (non-hydrogen) atoms. The van der Waals surface area contributed by atoms with Crippen molar-refractivity contribution in [3.05, 3.63) is 83.4 Å². The summed E-state index contributed by atoms with van der Waals surface area (Å²) in [4.78, 5) is 2.18. The van der Waals surface area contributed by atoms with E-state index >= 15 is 0 Å². The highest BCUT2D eigenvalue weighted by atomic mass is 35.5. The van der Waals surface area contributed by atoms with Gasteiger partial charge in [0.1, 0.15) is 6.07 Å². The van der Waals surface area contributed by atoms with Crippen molar-refractivity contribution in [1.29, 1.82) is 5.26 Å². The van der Waals surface area contributed by atoms with Crippen molar-refractivity contribution in [3.8, 4) is 17.2 Å². The van der Waals surface area contributed by atoms with Crippen molar-refractivity contribution < 1.29 is 0 Å². The number of anilines is 2. The summed E-state index contributed by atoms with van der Waals surface area (Å²) in [5.74, 6) is 0. The van der Waals surface area contributed by atoms with Crippen LogP contribution in [0.3, 0.4) is 0 Å². The Morgan fingerprint density at radius 1 is 0.875 bits per heavy atom. The first-order valence-corrected chi connectivity index (χ1v) is 8.23. The summed E-state index contributed by atoms with van der Waals surface area (Å²) in [6, 6.07) is 26.4. The number of halogens is 1. The molecule has 3 heteroatoms. The maximum Gasteiger partial charge on any atom is 0.101 e. The SMILES string of the molecule is CCN(c1cccc(-c2ccccc2)c1)c1ccc(C#N)c(Cl)c1. The molecule has 3 aromatic rings. The minimum absolute atomic E-state index is 0.479. The van der Waals surface area contributed by atoms with Crippen LogP contribution in [0, 0.1) is 11.3 Å². The van der Waals surface area contributed by atoms with Gasteiger partial charge >= 0.3 is 0 Å². The van der Waals surface area contributed by atoms with Crippen molar-refractivity contribution in [2.45, 2.75) is 6.92 Å². The molecule has 0 aliphatic carbocycles. The van der Waals surface area contributed by atoms with Crippen LogP contribution in [0.5, 0.6) is 0 Å². The molecule has 0 radical (unpaired) electrons. The molecule has 0 saturated heterocycles. The molecule has 0 atom stereocenters. The summed E-state index contributed by atoms with van der Waals surface area (Å²) in [6.45, 7) is 2.90. The largest absolute Gasteiger partial charge is 0.342 e. The maximum absolute atomic E-state index is 9.04. The van der Waals surface area contributed by atoms with Gasteiger partial charge in [0.25, 0.3) is 0 Å². The van der Waals surface area contributed by atoms with E-state index in [-0.39, 0.29) is 0 Å². The van der Waals surface area contributed by atoms with Gasteiger partial charge in [0.15, 0.2) is 0 Å². The lowest BCUT2D eigenvalue weighted by Gasteiger charge is -2.24. The summed E-state index contributed by atoms with van der Waals surface area (Å²) in [7, 11) is 0. The fourth-order valence-electron chi connectivity index (χ4n) is 2.76. The molecular formula is C21H17ClN2. The van der Waals surface area contributed by atoms with Crippen molar-refractivity contribution in [1.82, 2.24) is 0 Å². The zero-order valence-electron chi connectivity index (χ0n) is 13.4. The molecule has 0 bridgehead atoms. The predicted molar refractivity (Wildman–Crippen MR) is 101 cm³/mol. The number of hydrogen-bond acceptors (Lipinski definition) is 2. The van der Waals surface area contributed by atoms with Gasteiger partial charge in [-0.15, -0.1) is 0 Å². The highest BCUT2D eigenvalue weighted by molar-refractivity contribution is 6.32. The zero-order chi connectivity index (χ0) is 16.9. The third-order valence-electron chi connectivity index (χ3n) is 3.97. The van der Waals surface area contributed by atoms with Crippen LogP contribution in [0.15, 0.2) is 72.8 Å². The van der Waals surface area contributed by atoms with E-state index in [1.54, 1.807) is 6.07 Å². The second-order valence-corrected chi connectivity index (χ2v) is 5.84. The Morgan fingerprint density at radius 3 is 2.25 bits per heavy atom. The van der Waals surface area contributed by atoms with Crippen LogP contribution in [0.2, 0.25) is 5.02 Å². The second-order valence-electron chi connectivity index (χ2n) is 5.44. The van der Waals surface area contributed by atoms with E-state index in [0.717, 1.165) is 17.9 Å². The van der Waals surface area contributed by atoms with Gasteiger partial charge in [0.2, 0.25) is 0 Å². The molecular weight excluding hydrogens is 316 g/mol. The Bertz CT molecular complexity index is 882. The number of rotatable bonds is 4. The standard InChI is InChI=1S/C21H17ClN2/c1-2-24(20-12-11-18(15-23)21(22)14-20)19-10-6-9-17(13-19)16-7-4-3-5-8-16/h3-14H,2H2,1H3. The second kappa shape index (κ2) is 7.21. The Hall–Kier alpha value is -2.76. The Morgan fingerprint density at radius 2 is 1.58 bits per heavy atom. The lowest BCUT2D eigenvalue weighted by atomic mass is 10.0. The molecule has 0 N–H and O–H groups in total. The molecule has 0 unspecified atom stereocenters. The summed E-state index contributed by atoms with van der Waals surface area (Å²) in [5.41, 5.74) is 4.93. The molecule has 3 rings (SSSR count). The first-order chi connectivity index (χ1) is 11.7. The topological polar surface area (TPSA) is 27.0 Å². The monoisotopic (exact) mass is 332 g/mol. The van der Waals surface area contributed by atoms with E-state index < -0.39 is 0 Å². The van der Waals surface area contributed by atoms with Crippen LogP contribution < -0.4 is 4.90 Å².